The van der Waals surface area contributed by atoms with Crippen LogP contribution in [-0.4, -0.2) is 57.7 Å². The first-order chi connectivity index (χ1) is 18.6. The number of hydrazone groups is 1. The number of hydrogen-bond donors (Lipinski definition) is 3. The number of carboxylic acid groups (broad SMARTS) is 1. The number of anilines is 1. The number of nitrogens with zero attached hydrogens (tertiary/aromatic N) is 6. The van der Waals surface area contributed by atoms with Crippen molar-refractivity contribution in [2.24, 2.45) is 15.9 Å². The number of nitrogens with two attached hydrogens (primary N) is 1. The van der Waals surface area contributed by atoms with E-state index >= 15 is 0 Å². The number of aliphatic imine (C=N–C) groups is 1. The minimum atomic E-state index is -0.886. The lowest BCUT2D eigenvalue weighted by atomic mass is 9.85. The molecule has 3 aromatic rings. The minimum Gasteiger partial charge on any atom is -0.481 e. The summed E-state index contributed by atoms with van der Waals surface area (Å²) >= 11 is 0. The van der Waals surface area contributed by atoms with Crippen molar-refractivity contribution in [1.82, 2.24) is 15.0 Å². The van der Waals surface area contributed by atoms with E-state index in [4.69, 9.17) is 10.6 Å². The molecular formula is C28H32N8O3. The largest absolute Gasteiger partial charge is 0.481 e. The van der Waals surface area contributed by atoms with Gasteiger partial charge in [0.1, 0.15) is 5.71 Å². The van der Waals surface area contributed by atoms with E-state index < -0.39 is 11.4 Å². The molecule has 2 aromatic heterocycles. The van der Waals surface area contributed by atoms with Crippen molar-refractivity contribution in [2.75, 3.05) is 19.0 Å². The van der Waals surface area contributed by atoms with E-state index in [-0.39, 0.29) is 19.0 Å². The maximum Gasteiger partial charge on any atom is 0.304 e. The molecule has 202 valence electrons. The van der Waals surface area contributed by atoms with Crippen LogP contribution in [0.1, 0.15) is 49.8 Å². The lowest BCUT2D eigenvalue weighted by Crippen LogP contribution is -2.23. The predicted molar refractivity (Wildman–Crippen MR) is 150 cm³/mol. The molecule has 0 saturated heterocycles. The van der Waals surface area contributed by atoms with Crippen molar-refractivity contribution < 1.29 is 14.6 Å². The summed E-state index contributed by atoms with van der Waals surface area (Å²) in [5.41, 5.74) is 3.29. The van der Waals surface area contributed by atoms with Crippen molar-refractivity contribution in [2.45, 2.75) is 45.2 Å². The summed E-state index contributed by atoms with van der Waals surface area (Å²) in [5.74, 6) is 5.19. The molecule has 0 bridgehead atoms. The zero-order valence-corrected chi connectivity index (χ0v) is 22.4. The van der Waals surface area contributed by atoms with Crippen LogP contribution in [-0.2, 0) is 21.5 Å². The fourth-order valence-electron chi connectivity index (χ4n) is 3.86. The Labute approximate surface area is 227 Å². The second-order valence-electron chi connectivity index (χ2n) is 9.61. The van der Waals surface area contributed by atoms with Gasteiger partial charge in [0.15, 0.2) is 0 Å². The fraction of sp³-hybridized carbons (Fsp3) is 0.321. The van der Waals surface area contributed by atoms with Gasteiger partial charge in [-0.25, -0.2) is 9.97 Å². The first-order valence-corrected chi connectivity index (χ1v) is 12.3. The number of aromatic nitrogens is 3. The molecule has 4 N–H and O–H groups in total. The molecule has 11 heteroatoms. The Bertz CT molecular complexity index is 1410. The fourth-order valence-corrected chi connectivity index (χ4v) is 3.86. The molecule has 0 radical (unpaired) electrons. The Hall–Kier alpha value is -4.69. The SMILES string of the molecule is COC[C@H](C)Nc1nc(C(C=NCc2cccc(C(C)(C)CC(=O)O)n2)=NN)cc(-c2cccc(C#N)c2)n1. The Morgan fingerprint density at radius 2 is 2.00 bits per heavy atom. The molecule has 1 atom stereocenters. The second-order valence-corrected chi connectivity index (χ2v) is 9.61. The molecular weight excluding hydrogens is 496 g/mol. The smallest absolute Gasteiger partial charge is 0.304 e. The van der Waals surface area contributed by atoms with Crippen LogP contribution in [0.4, 0.5) is 5.95 Å². The van der Waals surface area contributed by atoms with Gasteiger partial charge in [0.05, 0.1) is 54.5 Å². The number of aliphatic carboxylic acids is 1. The van der Waals surface area contributed by atoms with Crippen molar-refractivity contribution in [3.05, 3.63) is 71.2 Å². The van der Waals surface area contributed by atoms with Crippen LogP contribution in [0, 0.1) is 11.3 Å². The second kappa shape index (κ2) is 13.2. The van der Waals surface area contributed by atoms with E-state index in [0.717, 1.165) is 5.56 Å². The number of carboxylic acids is 1. The number of benzene rings is 1. The molecule has 0 fully saturated rings. The molecule has 0 unspecified atom stereocenters. The van der Waals surface area contributed by atoms with E-state index in [1.807, 2.05) is 45.0 Å². The lowest BCUT2D eigenvalue weighted by molar-refractivity contribution is -0.138. The highest BCUT2D eigenvalue weighted by Crippen LogP contribution is 2.25. The Morgan fingerprint density at radius 1 is 1.23 bits per heavy atom. The molecule has 0 aliphatic carbocycles. The number of methoxy groups -OCH3 is 1. The van der Waals surface area contributed by atoms with E-state index in [1.165, 1.54) is 6.21 Å². The van der Waals surface area contributed by atoms with Gasteiger partial charge in [-0.3, -0.25) is 14.8 Å². The van der Waals surface area contributed by atoms with Crippen molar-refractivity contribution >= 4 is 23.8 Å². The van der Waals surface area contributed by atoms with Crippen LogP contribution < -0.4 is 11.2 Å². The number of ether oxygens (including phenoxy) is 1. The summed E-state index contributed by atoms with van der Waals surface area (Å²) in [6.07, 6.45) is 1.47. The van der Waals surface area contributed by atoms with Gasteiger partial charge >= 0.3 is 5.97 Å². The maximum absolute atomic E-state index is 11.2. The zero-order valence-electron chi connectivity index (χ0n) is 22.4. The number of nitrogens with one attached hydrogen (secondary N) is 1. The van der Waals surface area contributed by atoms with Crippen LogP contribution in [0.15, 0.2) is 58.6 Å². The number of carbonyl (C=O) groups is 1. The molecule has 2 heterocycles. The van der Waals surface area contributed by atoms with Gasteiger partial charge < -0.3 is 21.0 Å². The van der Waals surface area contributed by atoms with Crippen LogP contribution in [0.3, 0.4) is 0 Å². The lowest BCUT2D eigenvalue weighted by Gasteiger charge is -2.22. The van der Waals surface area contributed by atoms with Gasteiger partial charge in [-0.15, -0.1) is 0 Å². The summed E-state index contributed by atoms with van der Waals surface area (Å²) in [7, 11) is 1.61. The average molecular weight is 529 g/mol. The zero-order chi connectivity index (χ0) is 28.4. The predicted octanol–water partition coefficient (Wildman–Crippen LogP) is 3.54. The summed E-state index contributed by atoms with van der Waals surface area (Å²) in [6.45, 7) is 6.30. The third-order valence-electron chi connectivity index (χ3n) is 5.77. The Balaban J connectivity index is 1.90. The van der Waals surface area contributed by atoms with Gasteiger partial charge in [0.25, 0.3) is 0 Å². The molecule has 1 aromatic carbocycles. The number of nitriles is 1. The molecule has 39 heavy (non-hydrogen) atoms. The standard InChI is InChI=1S/C28H32N8O3/c1-18(17-39-4)32-27-34-22(20-8-5-7-19(11-20)14-29)12-23(35-27)24(36-30)16-31-15-21-9-6-10-25(33-21)28(2,3)13-26(37)38/h5-12,16,18H,13,15,17,30H2,1-4H3,(H,37,38)(H,32,34,35)/t18-/m0/s1. The Kier molecular flexibility index (Phi) is 9.78. The van der Waals surface area contributed by atoms with Crippen molar-refractivity contribution in [3.8, 4) is 17.3 Å². The maximum atomic E-state index is 11.2. The normalized spacial score (nSPS) is 12.7. The molecule has 0 spiro atoms. The van der Waals surface area contributed by atoms with Crippen molar-refractivity contribution in [3.63, 3.8) is 0 Å². The van der Waals surface area contributed by atoms with Gasteiger partial charge in [-0.05, 0) is 37.3 Å². The molecule has 11 nitrogen and oxygen atoms in total. The Morgan fingerprint density at radius 3 is 2.69 bits per heavy atom. The highest BCUT2D eigenvalue weighted by molar-refractivity contribution is 6.37. The first-order valence-electron chi connectivity index (χ1n) is 12.3. The summed E-state index contributed by atoms with van der Waals surface area (Å²) < 4.78 is 5.21. The van der Waals surface area contributed by atoms with Crippen LogP contribution in [0.25, 0.3) is 11.3 Å². The van der Waals surface area contributed by atoms with Gasteiger partial charge in [0.2, 0.25) is 5.95 Å². The van der Waals surface area contributed by atoms with Gasteiger partial charge in [0, 0.05) is 29.8 Å². The van der Waals surface area contributed by atoms with E-state index in [9.17, 15) is 15.2 Å². The van der Waals surface area contributed by atoms with E-state index in [2.05, 4.69) is 36.4 Å². The van der Waals surface area contributed by atoms with E-state index in [1.54, 1.807) is 31.4 Å². The topological polar surface area (TPSA) is 172 Å². The minimum absolute atomic E-state index is 0.0383. The highest BCUT2D eigenvalue weighted by Gasteiger charge is 2.25. The molecule has 0 aliphatic heterocycles. The monoisotopic (exact) mass is 528 g/mol. The molecule has 0 aliphatic rings. The highest BCUT2D eigenvalue weighted by atomic mass is 16.5. The van der Waals surface area contributed by atoms with E-state index in [0.29, 0.717) is 46.6 Å². The first kappa shape index (κ1) is 28.9. The van der Waals surface area contributed by atoms with Crippen LogP contribution in [0.2, 0.25) is 0 Å². The molecule has 0 amide bonds. The third-order valence-corrected chi connectivity index (χ3v) is 5.77. The summed E-state index contributed by atoms with van der Waals surface area (Å²) in [6, 6.07) is 16.4. The number of pyridine rings is 1. The summed E-state index contributed by atoms with van der Waals surface area (Å²) in [5, 5.41) is 25.6. The summed E-state index contributed by atoms with van der Waals surface area (Å²) in [4.78, 5) is 29.5. The quantitative estimate of drug-likeness (QED) is 0.180. The van der Waals surface area contributed by atoms with Gasteiger partial charge in [-0.1, -0.05) is 32.0 Å². The van der Waals surface area contributed by atoms with Gasteiger partial charge in [-0.2, -0.15) is 10.4 Å². The number of rotatable bonds is 12. The average Bonchev–Trinajstić information content (AvgIpc) is 2.90. The molecule has 3 rings (SSSR count). The number of hydrogen-bond acceptors (Lipinski definition) is 10. The van der Waals surface area contributed by atoms with Crippen LogP contribution in [0.5, 0.6) is 0 Å². The van der Waals surface area contributed by atoms with Crippen LogP contribution >= 0.6 is 0 Å². The van der Waals surface area contributed by atoms with Crippen molar-refractivity contribution in [1.29, 1.82) is 5.26 Å². The third kappa shape index (κ3) is 8.15. The molecule has 0 saturated carbocycles.